The maximum absolute atomic E-state index is 11.3. The van der Waals surface area contributed by atoms with Gasteiger partial charge in [0.1, 0.15) is 0 Å². The maximum atomic E-state index is 11.3. The van der Waals surface area contributed by atoms with Crippen molar-refractivity contribution in [2.75, 3.05) is 5.32 Å². The lowest BCUT2D eigenvalue weighted by atomic mass is 9.75. The van der Waals surface area contributed by atoms with Crippen LogP contribution in [0.3, 0.4) is 0 Å². The molecule has 3 atom stereocenters. The first kappa shape index (κ1) is 16.1. The molecule has 1 heterocycles. The molecule has 5 rings (SSSR count). The Kier molecular flexibility index (Phi) is 3.54. The molecule has 0 unspecified atom stereocenters. The van der Waals surface area contributed by atoms with Crippen LogP contribution in [0.2, 0.25) is 0 Å². The summed E-state index contributed by atoms with van der Waals surface area (Å²) in [6.45, 7) is 1.96. The van der Waals surface area contributed by atoms with E-state index in [4.69, 9.17) is 0 Å². The highest BCUT2D eigenvalue weighted by molar-refractivity contribution is 5.87. The van der Waals surface area contributed by atoms with Crippen LogP contribution in [0.25, 0.3) is 10.8 Å². The number of benzene rings is 3. The first-order chi connectivity index (χ1) is 13.1. The second-order valence-corrected chi connectivity index (χ2v) is 7.53. The second kappa shape index (κ2) is 5.95. The number of nitrogens with zero attached hydrogens (tertiary/aromatic N) is 1. The molecule has 0 aromatic heterocycles. The maximum Gasteiger partial charge on any atom is 0.270 e. The van der Waals surface area contributed by atoms with Crippen LogP contribution in [0.4, 0.5) is 11.4 Å². The Morgan fingerprint density at radius 3 is 2.74 bits per heavy atom. The summed E-state index contributed by atoms with van der Waals surface area (Å²) in [5, 5.41) is 17.6. The SMILES string of the molecule is Cc1cc([N+](=O)[O-])cc2c1N[C@@H](c1cccc3ccccc13)[C@H]1CC=C[C@H]21. The fourth-order valence-corrected chi connectivity index (χ4v) is 4.80. The van der Waals surface area contributed by atoms with Gasteiger partial charge in [-0.15, -0.1) is 0 Å². The van der Waals surface area contributed by atoms with Crippen LogP contribution in [0.5, 0.6) is 0 Å². The molecule has 0 amide bonds. The molecular weight excluding hydrogens is 336 g/mol. The molecule has 0 radical (unpaired) electrons. The summed E-state index contributed by atoms with van der Waals surface area (Å²) in [6, 6.07) is 18.6. The van der Waals surface area contributed by atoms with Crippen molar-refractivity contribution in [3.63, 3.8) is 0 Å². The van der Waals surface area contributed by atoms with E-state index < -0.39 is 0 Å². The molecule has 3 aromatic rings. The molecule has 0 bridgehead atoms. The zero-order chi connectivity index (χ0) is 18.5. The minimum absolute atomic E-state index is 0.177. The summed E-state index contributed by atoms with van der Waals surface area (Å²) in [6.07, 6.45) is 5.43. The van der Waals surface area contributed by atoms with Crippen LogP contribution in [-0.4, -0.2) is 4.92 Å². The van der Waals surface area contributed by atoms with Crippen LogP contribution in [0.1, 0.15) is 35.1 Å². The van der Waals surface area contributed by atoms with Gasteiger partial charge in [-0.3, -0.25) is 10.1 Å². The third kappa shape index (κ3) is 2.44. The zero-order valence-electron chi connectivity index (χ0n) is 15.1. The van der Waals surface area contributed by atoms with Gasteiger partial charge in [0.15, 0.2) is 0 Å². The Labute approximate surface area is 157 Å². The first-order valence-electron chi connectivity index (χ1n) is 9.33. The lowest BCUT2D eigenvalue weighted by Gasteiger charge is -2.38. The Morgan fingerprint density at radius 1 is 1.07 bits per heavy atom. The predicted molar refractivity (Wildman–Crippen MR) is 108 cm³/mol. The average Bonchev–Trinajstić information content (AvgIpc) is 3.17. The molecule has 0 spiro atoms. The second-order valence-electron chi connectivity index (χ2n) is 7.53. The van der Waals surface area contributed by atoms with Crippen LogP contribution in [-0.2, 0) is 0 Å². The highest BCUT2D eigenvalue weighted by atomic mass is 16.6. The van der Waals surface area contributed by atoms with Gasteiger partial charge in [0.05, 0.1) is 11.0 Å². The standard InChI is InChI=1S/C23H20N2O2/c1-14-12-16(25(26)27)13-21-18-9-5-11-20(18)23(24-22(14)21)19-10-4-7-15-6-2-3-8-17(15)19/h2-10,12-13,18,20,23-24H,11H2,1H3/t18-,20-,23-/m0/s1. The van der Waals surface area contributed by atoms with Gasteiger partial charge in [-0.2, -0.15) is 0 Å². The van der Waals surface area contributed by atoms with Crippen molar-refractivity contribution in [2.24, 2.45) is 5.92 Å². The molecular formula is C23H20N2O2. The van der Waals surface area contributed by atoms with Gasteiger partial charge in [-0.25, -0.2) is 0 Å². The largest absolute Gasteiger partial charge is 0.377 e. The number of anilines is 1. The fourth-order valence-electron chi connectivity index (χ4n) is 4.80. The van der Waals surface area contributed by atoms with E-state index in [-0.39, 0.29) is 22.6 Å². The molecule has 0 saturated heterocycles. The number of non-ortho nitro benzene ring substituents is 1. The highest BCUT2D eigenvalue weighted by Gasteiger charge is 2.39. The monoisotopic (exact) mass is 356 g/mol. The van der Waals surface area contributed by atoms with Crippen molar-refractivity contribution < 1.29 is 4.92 Å². The van der Waals surface area contributed by atoms with E-state index in [2.05, 4.69) is 59.9 Å². The van der Waals surface area contributed by atoms with E-state index in [1.165, 1.54) is 16.3 Å². The Bertz CT molecular complexity index is 1100. The van der Waals surface area contributed by atoms with Crippen molar-refractivity contribution in [2.45, 2.75) is 25.3 Å². The molecule has 2 aliphatic rings. The quantitative estimate of drug-likeness (QED) is 0.354. The molecule has 3 aromatic carbocycles. The smallest absolute Gasteiger partial charge is 0.270 e. The Hall–Kier alpha value is -3.14. The van der Waals surface area contributed by atoms with E-state index >= 15 is 0 Å². The van der Waals surface area contributed by atoms with Crippen LogP contribution in [0.15, 0.2) is 66.7 Å². The lowest BCUT2D eigenvalue weighted by molar-refractivity contribution is -0.385. The molecule has 4 heteroatoms. The van der Waals surface area contributed by atoms with Gasteiger partial charge in [-0.05, 0) is 46.7 Å². The number of allylic oxidation sites excluding steroid dienone is 2. The third-order valence-electron chi connectivity index (χ3n) is 6.02. The third-order valence-corrected chi connectivity index (χ3v) is 6.02. The minimum atomic E-state index is -0.294. The van der Waals surface area contributed by atoms with Crippen LogP contribution >= 0.6 is 0 Å². The molecule has 27 heavy (non-hydrogen) atoms. The number of rotatable bonds is 2. The molecule has 134 valence electrons. The summed E-state index contributed by atoms with van der Waals surface area (Å²) in [5.74, 6) is 0.577. The summed E-state index contributed by atoms with van der Waals surface area (Å²) in [4.78, 5) is 11.0. The molecule has 1 aliphatic carbocycles. The van der Waals surface area contributed by atoms with Crippen molar-refractivity contribution in [3.05, 3.63) is 93.6 Å². The van der Waals surface area contributed by atoms with Crippen molar-refractivity contribution in [3.8, 4) is 0 Å². The lowest BCUT2D eigenvalue weighted by Crippen LogP contribution is -2.29. The average molecular weight is 356 g/mol. The van der Waals surface area contributed by atoms with Gasteiger partial charge in [0.25, 0.3) is 5.69 Å². The van der Waals surface area contributed by atoms with E-state index in [1.54, 1.807) is 12.1 Å². The normalized spacial score (nSPS) is 22.9. The molecule has 1 aliphatic heterocycles. The number of aryl methyl sites for hydroxylation is 1. The van der Waals surface area contributed by atoms with E-state index in [1.807, 2.05) is 6.92 Å². The van der Waals surface area contributed by atoms with Crippen molar-refractivity contribution in [1.29, 1.82) is 0 Å². The van der Waals surface area contributed by atoms with Gasteiger partial charge in [0, 0.05) is 23.7 Å². The van der Waals surface area contributed by atoms with Crippen LogP contribution < -0.4 is 5.32 Å². The number of nitro groups is 1. The van der Waals surface area contributed by atoms with Crippen LogP contribution in [0, 0.1) is 23.0 Å². The van der Waals surface area contributed by atoms with Gasteiger partial charge in [0.2, 0.25) is 0 Å². The molecule has 1 N–H and O–H groups in total. The summed E-state index contributed by atoms with van der Waals surface area (Å²) >= 11 is 0. The number of hydrogen-bond donors (Lipinski definition) is 1. The number of fused-ring (bicyclic) bond motifs is 4. The number of hydrogen-bond acceptors (Lipinski definition) is 3. The molecule has 0 saturated carbocycles. The van der Waals surface area contributed by atoms with Crippen molar-refractivity contribution >= 4 is 22.1 Å². The van der Waals surface area contributed by atoms with Gasteiger partial charge < -0.3 is 5.32 Å². The predicted octanol–water partition coefficient (Wildman–Crippen LogP) is 5.88. The summed E-state index contributed by atoms with van der Waals surface area (Å²) in [5.41, 5.74) is 4.51. The number of nitro benzene ring substituents is 1. The van der Waals surface area contributed by atoms with E-state index in [0.29, 0.717) is 5.92 Å². The van der Waals surface area contributed by atoms with E-state index in [9.17, 15) is 10.1 Å². The molecule has 0 fully saturated rings. The first-order valence-corrected chi connectivity index (χ1v) is 9.33. The Morgan fingerprint density at radius 2 is 1.89 bits per heavy atom. The fraction of sp³-hybridized carbons (Fsp3) is 0.217. The zero-order valence-corrected chi connectivity index (χ0v) is 15.1. The highest BCUT2D eigenvalue weighted by Crippen LogP contribution is 2.52. The topological polar surface area (TPSA) is 55.2 Å². The van der Waals surface area contributed by atoms with Gasteiger partial charge >= 0.3 is 0 Å². The minimum Gasteiger partial charge on any atom is -0.377 e. The number of nitrogens with one attached hydrogen (secondary N) is 1. The summed E-state index contributed by atoms with van der Waals surface area (Å²) < 4.78 is 0. The summed E-state index contributed by atoms with van der Waals surface area (Å²) in [7, 11) is 0. The van der Waals surface area contributed by atoms with Crippen molar-refractivity contribution in [1.82, 2.24) is 0 Å². The van der Waals surface area contributed by atoms with E-state index in [0.717, 1.165) is 23.2 Å². The van der Waals surface area contributed by atoms with Gasteiger partial charge in [-0.1, -0.05) is 54.6 Å². The Balaban J connectivity index is 1.68. The molecule has 4 nitrogen and oxygen atoms in total.